The smallest absolute Gasteiger partial charge is 0.119 e. The summed E-state index contributed by atoms with van der Waals surface area (Å²) in [5.41, 5.74) is 4.96. The van der Waals surface area contributed by atoms with E-state index in [1.807, 2.05) is 18.3 Å². The molecular formula is C23H31NO. The van der Waals surface area contributed by atoms with Crippen LogP contribution in [-0.2, 0) is 6.61 Å². The molecule has 2 aromatic carbocycles. The predicted octanol–water partition coefficient (Wildman–Crippen LogP) is 6.27. The van der Waals surface area contributed by atoms with E-state index in [1.54, 1.807) is 0 Å². The highest BCUT2D eigenvalue weighted by Gasteiger charge is 1.99. The minimum absolute atomic E-state index is 0.603. The molecule has 0 aliphatic heterocycles. The minimum atomic E-state index is 0.603. The Kier molecular flexibility index (Phi) is 8.24. The van der Waals surface area contributed by atoms with E-state index in [1.165, 1.54) is 48.8 Å². The van der Waals surface area contributed by atoms with E-state index < -0.39 is 0 Å². The van der Waals surface area contributed by atoms with E-state index in [0.29, 0.717) is 6.61 Å². The van der Waals surface area contributed by atoms with Gasteiger partial charge in [-0.1, -0.05) is 50.8 Å². The van der Waals surface area contributed by atoms with E-state index >= 15 is 0 Å². The van der Waals surface area contributed by atoms with Crippen molar-refractivity contribution in [1.82, 2.24) is 0 Å². The third kappa shape index (κ3) is 7.13. The molecule has 0 unspecified atom stereocenters. The van der Waals surface area contributed by atoms with Gasteiger partial charge >= 0.3 is 0 Å². The summed E-state index contributed by atoms with van der Waals surface area (Å²) in [5, 5.41) is 0. The summed E-state index contributed by atoms with van der Waals surface area (Å²) < 4.78 is 5.88. The van der Waals surface area contributed by atoms with Crippen molar-refractivity contribution in [3.05, 3.63) is 64.7 Å². The average molecular weight is 338 g/mol. The number of rotatable bonds is 10. The van der Waals surface area contributed by atoms with Crippen LogP contribution in [0.3, 0.4) is 0 Å². The monoisotopic (exact) mass is 337 g/mol. The first-order valence-electron chi connectivity index (χ1n) is 9.48. The van der Waals surface area contributed by atoms with Gasteiger partial charge in [-0.2, -0.15) is 0 Å². The Morgan fingerprint density at radius 1 is 0.880 bits per heavy atom. The number of benzene rings is 2. The molecule has 134 valence electrons. The van der Waals surface area contributed by atoms with Crippen molar-refractivity contribution in [3.63, 3.8) is 0 Å². The average Bonchev–Trinajstić information content (AvgIpc) is 2.63. The van der Waals surface area contributed by atoms with Gasteiger partial charge in [-0.15, -0.1) is 0 Å². The van der Waals surface area contributed by atoms with E-state index in [9.17, 15) is 0 Å². The van der Waals surface area contributed by atoms with Gasteiger partial charge in [-0.05, 0) is 66.8 Å². The molecule has 2 heteroatoms. The van der Waals surface area contributed by atoms with Crippen LogP contribution in [-0.4, -0.2) is 12.8 Å². The molecular weight excluding hydrogens is 306 g/mol. The number of hydrogen-bond donors (Lipinski definition) is 0. The van der Waals surface area contributed by atoms with E-state index in [2.05, 4.69) is 56.1 Å². The first-order valence-corrected chi connectivity index (χ1v) is 9.48. The van der Waals surface area contributed by atoms with Gasteiger partial charge in [0.05, 0.1) is 0 Å². The van der Waals surface area contributed by atoms with Gasteiger partial charge in [0.1, 0.15) is 12.4 Å². The van der Waals surface area contributed by atoms with Gasteiger partial charge in [-0.3, -0.25) is 4.99 Å². The lowest BCUT2D eigenvalue weighted by Gasteiger charge is -2.08. The molecule has 0 N–H and O–H groups in total. The summed E-state index contributed by atoms with van der Waals surface area (Å²) >= 11 is 0. The Hall–Kier alpha value is -2.09. The zero-order chi connectivity index (χ0) is 17.9. The molecule has 0 saturated carbocycles. The van der Waals surface area contributed by atoms with Crippen LogP contribution < -0.4 is 4.74 Å². The number of aryl methyl sites for hydroxylation is 2. The third-order valence-electron chi connectivity index (χ3n) is 4.49. The van der Waals surface area contributed by atoms with Gasteiger partial charge in [0.2, 0.25) is 0 Å². The lowest BCUT2D eigenvalue weighted by Crippen LogP contribution is -1.96. The van der Waals surface area contributed by atoms with Crippen LogP contribution in [0.5, 0.6) is 5.75 Å². The molecule has 2 aromatic rings. The zero-order valence-electron chi connectivity index (χ0n) is 15.9. The Labute approximate surface area is 153 Å². The second kappa shape index (κ2) is 10.7. The zero-order valence-corrected chi connectivity index (χ0v) is 15.9. The van der Waals surface area contributed by atoms with Crippen LogP contribution in [0, 0.1) is 13.8 Å². The standard InChI is InChI=1S/C23H31NO/c1-4-5-6-7-8-15-24-17-21-11-13-23(14-12-21)25-18-22-10-9-19(2)20(3)16-22/h9-14,16-17H,4-8,15,18H2,1-3H3/b24-17+. The van der Waals surface area contributed by atoms with Gasteiger partial charge in [0.25, 0.3) is 0 Å². The van der Waals surface area contributed by atoms with E-state index in [0.717, 1.165) is 17.9 Å². The molecule has 2 nitrogen and oxygen atoms in total. The summed E-state index contributed by atoms with van der Waals surface area (Å²) in [5.74, 6) is 0.898. The molecule has 0 bridgehead atoms. The number of unbranched alkanes of at least 4 members (excludes halogenated alkanes) is 4. The van der Waals surface area contributed by atoms with Crippen molar-refractivity contribution in [1.29, 1.82) is 0 Å². The lowest BCUT2D eigenvalue weighted by molar-refractivity contribution is 0.306. The van der Waals surface area contributed by atoms with Crippen LogP contribution in [0.25, 0.3) is 0 Å². The van der Waals surface area contributed by atoms with Gasteiger partial charge in [-0.25, -0.2) is 0 Å². The highest BCUT2D eigenvalue weighted by Crippen LogP contribution is 2.15. The molecule has 0 amide bonds. The molecule has 0 aromatic heterocycles. The van der Waals surface area contributed by atoms with Crippen LogP contribution in [0.15, 0.2) is 47.5 Å². The fourth-order valence-electron chi connectivity index (χ4n) is 2.69. The molecule has 0 heterocycles. The van der Waals surface area contributed by atoms with Gasteiger partial charge in [0.15, 0.2) is 0 Å². The molecule has 0 saturated heterocycles. The second-order valence-electron chi connectivity index (χ2n) is 6.73. The number of aliphatic imine (C=N–C) groups is 1. The quantitative estimate of drug-likeness (QED) is 0.370. The maximum absolute atomic E-state index is 5.88. The van der Waals surface area contributed by atoms with Crippen molar-refractivity contribution in [2.24, 2.45) is 4.99 Å². The topological polar surface area (TPSA) is 21.6 Å². The normalized spacial score (nSPS) is 11.2. The fourth-order valence-corrected chi connectivity index (χ4v) is 2.69. The Bertz CT molecular complexity index is 658. The Morgan fingerprint density at radius 3 is 2.36 bits per heavy atom. The summed E-state index contributed by atoms with van der Waals surface area (Å²) in [6.07, 6.45) is 8.41. The number of ether oxygens (including phenoxy) is 1. The third-order valence-corrected chi connectivity index (χ3v) is 4.49. The molecule has 2 rings (SSSR count). The molecule has 0 spiro atoms. The van der Waals surface area contributed by atoms with Crippen molar-refractivity contribution in [2.75, 3.05) is 6.54 Å². The highest BCUT2D eigenvalue weighted by atomic mass is 16.5. The largest absolute Gasteiger partial charge is 0.489 e. The number of nitrogens with zero attached hydrogens (tertiary/aromatic N) is 1. The fraction of sp³-hybridized carbons (Fsp3) is 0.435. The van der Waals surface area contributed by atoms with Crippen LogP contribution >= 0.6 is 0 Å². The van der Waals surface area contributed by atoms with E-state index in [-0.39, 0.29) is 0 Å². The lowest BCUT2D eigenvalue weighted by atomic mass is 10.1. The first kappa shape index (κ1) is 19.2. The predicted molar refractivity (Wildman–Crippen MR) is 108 cm³/mol. The van der Waals surface area contributed by atoms with E-state index in [4.69, 9.17) is 4.74 Å². The van der Waals surface area contributed by atoms with Gasteiger partial charge in [0, 0.05) is 12.8 Å². The molecule has 0 atom stereocenters. The highest BCUT2D eigenvalue weighted by molar-refractivity contribution is 5.79. The number of hydrogen-bond acceptors (Lipinski definition) is 2. The van der Waals surface area contributed by atoms with Crippen molar-refractivity contribution in [2.45, 2.75) is 59.5 Å². The first-order chi connectivity index (χ1) is 12.2. The van der Waals surface area contributed by atoms with Gasteiger partial charge < -0.3 is 4.74 Å². The molecule has 0 radical (unpaired) electrons. The Balaban J connectivity index is 1.74. The molecule has 0 fully saturated rings. The molecule has 0 aliphatic rings. The minimum Gasteiger partial charge on any atom is -0.489 e. The van der Waals surface area contributed by atoms with Crippen LogP contribution in [0.4, 0.5) is 0 Å². The Morgan fingerprint density at radius 2 is 1.64 bits per heavy atom. The van der Waals surface area contributed by atoms with Crippen molar-refractivity contribution >= 4 is 6.21 Å². The SMILES string of the molecule is CCCCCCC/N=C/c1ccc(OCc2ccc(C)c(C)c2)cc1. The maximum Gasteiger partial charge on any atom is 0.119 e. The summed E-state index contributed by atoms with van der Waals surface area (Å²) in [6, 6.07) is 14.6. The second-order valence-corrected chi connectivity index (χ2v) is 6.73. The van der Waals surface area contributed by atoms with Crippen LogP contribution in [0.2, 0.25) is 0 Å². The van der Waals surface area contributed by atoms with Crippen molar-refractivity contribution < 1.29 is 4.74 Å². The summed E-state index contributed by atoms with van der Waals surface area (Å²) in [4.78, 5) is 4.51. The van der Waals surface area contributed by atoms with Crippen molar-refractivity contribution in [3.8, 4) is 5.75 Å². The van der Waals surface area contributed by atoms with Crippen LogP contribution in [0.1, 0.15) is 61.3 Å². The summed E-state index contributed by atoms with van der Waals surface area (Å²) in [7, 11) is 0. The molecule has 0 aliphatic carbocycles. The molecule has 25 heavy (non-hydrogen) atoms. The summed E-state index contributed by atoms with van der Waals surface area (Å²) in [6.45, 7) is 8.04. The maximum atomic E-state index is 5.88.